The Morgan fingerprint density at radius 2 is 2.00 bits per heavy atom. The van der Waals surface area contributed by atoms with Gasteiger partial charge in [-0.1, -0.05) is 30.3 Å². The number of nitrogens with one attached hydrogen (secondary N) is 1. The van der Waals surface area contributed by atoms with Crippen molar-refractivity contribution < 1.29 is 4.74 Å². The summed E-state index contributed by atoms with van der Waals surface area (Å²) in [4.78, 5) is 0. The summed E-state index contributed by atoms with van der Waals surface area (Å²) < 4.78 is 5.40. The molecular formula is C15H23NO. The Morgan fingerprint density at radius 3 is 2.59 bits per heavy atom. The average Bonchev–Trinajstić information content (AvgIpc) is 3.19. The summed E-state index contributed by atoms with van der Waals surface area (Å²) in [6.07, 6.45) is 4.10. The first-order chi connectivity index (χ1) is 8.29. The first kappa shape index (κ1) is 12.6. The van der Waals surface area contributed by atoms with Crippen molar-refractivity contribution in [2.24, 2.45) is 0 Å². The molecule has 0 heterocycles. The minimum Gasteiger partial charge on any atom is -0.382 e. The maximum atomic E-state index is 5.40. The Labute approximate surface area is 104 Å². The quantitative estimate of drug-likeness (QED) is 0.782. The second-order valence-corrected chi connectivity index (χ2v) is 5.07. The molecule has 1 saturated carbocycles. The first-order valence-electron chi connectivity index (χ1n) is 6.60. The van der Waals surface area contributed by atoms with Gasteiger partial charge in [0.05, 0.1) is 6.10 Å². The van der Waals surface area contributed by atoms with Crippen LogP contribution in [-0.4, -0.2) is 25.8 Å². The third kappa shape index (κ3) is 4.14. The molecule has 94 valence electrons. The van der Waals surface area contributed by atoms with E-state index in [4.69, 9.17) is 4.74 Å². The maximum absolute atomic E-state index is 5.40. The normalized spacial score (nSPS) is 18.9. The third-order valence-electron chi connectivity index (χ3n) is 3.52. The highest BCUT2D eigenvalue weighted by Gasteiger charge is 2.23. The molecule has 0 bridgehead atoms. The zero-order chi connectivity index (χ0) is 12.1. The summed E-state index contributed by atoms with van der Waals surface area (Å²) in [6, 6.07) is 11.5. The Hall–Kier alpha value is -0.860. The zero-order valence-corrected chi connectivity index (χ0v) is 10.9. The van der Waals surface area contributed by atoms with Crippen molar-refractivity contribution >= 4 is 0 Å². The van der Waals surface area contributed by atoms with Gasteiger partial charge in [-0.05, 0) is 37.7 Å². The van der Waals surface area contributed by atoms with Gasteiger partial charge in [0.25, 0.3) is 0 Å². The van der Waals surface area contributed by atoms with Crippen LogP contribution in [-0.2, 0) is 4.74 Å². The van der Waals surface area contributed by atoms with Crippen LogP contribution < -0.4 is 5.32 Å². The van der Waals surface area contributed by atoms with E-state index < -0.39 is 0 Å². The number of hydrogen-bond acceptors (Lipinski definition) is 2. The van der Waals surface area contributed by atoms with E-state index in [0.29, 0.717) is 12.0 Å². The van der Waals surface area contributed by atoms with Gasteiger partial charge in [-0.15, -0.1) is 0 Å². The van der Waals surface area contributed by atoms with E-state index in [9.17, 15) is 0 Å². The Balaban J connectivity index is 1.95. The minimum atomic E-state index is 0.321. The molecule has 2 unspecified atom stereocenters. The van der Waals surface area contributed by atoms with Crippen LogP contribution in [0.4, 0.5) is 0 Å². The summed E-state index contributed by atoms with van der Waals surface area (Å²) in [5.41, 5.74) is 1.42. The summed E-state index contributed by atoms with van der Waals surface area (Å²) in [5.74, 6) is 0.562. The van der Waals surface area contributed by atoms with Crippen molar-refractivity contribution in [1.29, 1.82) is 0 Å². The van der Waals surface area contributed by atoms with Crippen LogP contribution >= 0.6 is 0 Å². The van der Waals surface area contributed by atoms with Crippen molar-refractivity contribution in [3.8, 4) is 0 Å². The molecule has 1 aliphatic rings. The average molecular weight is 233 g/mol. The van der Waals surface area contributed by atoms with Gasteiger partial charge in [-0.3, -0.25) is 0 Å². The summed E-state index contributed by atoms with van der Waals surface area (Å²) in [7, 11) is 1.79. The molecular weight excluding hydrogens is 210 g/mol. The number of methoxy groups -OCH3 is 1. The summed E-state index contributed by atoms with van der Waals surface area (Å²) in [6.45, 7) is 3.22. The fraction of sp³-hybridized carbons (Fsp3) is 0.600. The SMILES string of the molecule is COC(C)CC(CNC1CC1)c1ccccc1. The van der Waals surface area contributed by atoms with Crippen molar-refractivity contribution in [3.63, 3.8) is 0 Å². The van der Waals surface area contributed by atoms with E-state index in [1.807, 2.05) is 0 Å². The van der Waals surface area contributed by atoms with Gasteiger partial charge in [0, 0.05) is 19.7 Å². The third-order valence-corrected chi connectivity index (χ3v) is 3.52. The molecule has 0 aromatic heterocycles. The van der Waals surface area contributed by atoms with E-state index in [0.717, 1.165) is 19.0 Å². The fourth-order valence-electron chi connectivity index (χ4n) is 2.16. The zero-order valence-electron chi connectivity index (χ0n) is 10.9. The predicted octanol–water partition coefficient (Wildman–Crippen LogP) is 2.95. The van der Waals surface area contributed by atoms with Crippen molar-refractivity contribution in [3.05, 3.63) is 35.9 Å². The molecule has 0 amide bonds. The Kier molecular flexibility index (Phi) is 4.57. The largest absolute Gasteiger partial charge is 0.382 e. The molecule has 1 N–H and O–H groups in total. The second kappa shape index (κ2) is 6.18. The van der Waals surface area contributed by atoms with E-state index in [1.54, 1.807) is 7.11 Å². The Morgan fingerprint density at radius 1 is 1.29 bits per heavy atom. The van der Waals surface area contributed by atoms with E-state index in [-0.39, 0.29) is 0 Å². The van der Waals surface area contributed by atoms with Crippen LogP contribution in [0.1, 0.15) is 37.7 Å². The minimum absolute atomic E-state index is 0.321. The van der Waals surface area contributed by atoms with Crippen LogP contribution in [0.5, 0.6) is 0 Å². The van der Waals surface area contributed by atoms with Crippen LogP contribution in [0.25, 0.3) is 0 Å². The summed E-state index contributed by atoms with van der Waals surface area (Å²) >= 11 is 0. The molecule has 2 rings (SSSR count). The number of hydrogen-bond donors (Lipinski definition) is 1. The molecule has 1 aromatic rings. The lowest BCUT2D eigenvalue weighted by Gasteiger charge is -2.21. The number of benzene rings is 1. The molecule has 1 aromatic carbocycles. The topological polar surface area (TPSA) is 21.3 Å². The monoisotopic (exact) mass is 233 g/mol. The van der Waals surface area contributed by atoms with Crippen molar-refractivity contribution in [2.45, 2.75) is 44.2 Å². The van der Waals surface area contributed by atoms with Crippen molar-refractivity contribution in [1.82, 2.24) is 5.32 Å². The van der Waals surface area contributed by atoms with Crippen LogP contribution in [0.2, 0.25) is 0 Å². The van der Waals surface area contributed by atoms with Gasteiger partial charge >= 0.3 is 0 Å². The highest BCUT2D eigenvalue weighted by molar-refractivity contribution is 5.20. The first-order valence-corrected chi connectivity index (χ1v) is 6.60. The number of ether oxygens (including phenoxy) is 1. The summed E-state index contributed by atoms with van der Waals surface area (Å²) in [5, 5.41) is 3.63. The fourth-order valence-corrected chi connectivity index (χ4v) is 2.16. The lowest BCUT2D eigenvalue weighted by Crippen LogP contribution is -2.26. The van der Waals surface area contributed by atoms with Gasteiger partial charge in [0.2, 0.25) is 0 Å². The van der Waals surface area contributed by atoms with Gasteiger partial charge < -0.3 is 10.1 Å². The van der Waals surface area contributed by atoms with Crippen LogP contribution in [0.15, 0.2) is 30.3 Å². The molecule has 2 atom stereocenters. The van der Waals surface area contributed by atoms with E-state index in [1.165, 1.54) is 18.4 Å². The predicted molar refractivity (Wildman–Crippen MR) is 71.3 cm³/mol. The standard InChI is InChI=1S/C15H23NO/c1-12(17-2)10-14(11-16-15-8-9-15)13-6-4-3-5-7-13/h3-7,12,14-16H,8-11H2,1-2H3. The molecule has 0 saturated heterocycles. The van der Waals surface area contributed by atoms with Crippen LogP contribution in [0.3, 0.4) is 0 Å². The second-order valence-electron chi connectivity index (χ2n) is 5.07. The highest BCUT2D eigenvalue weighted by atomic mass is 16.5. The van der Waals surface area contributed by atoms with Crippen LogP contribution in [0, 0.1) is 0 Å². The molecule has 2 heteroatoms. The molecule has 17 heavy (non-hydrogen) atoms. The van der Waals surface area contributed by atoms with E-state index >= 15 is 0 Å². The molecule has 0 aliphatic heterocycles. The number of rotatable bonds is 7. The molecule has 1 fully saturated rings. The van der Waals surface area contributed by atoms with Gasteiger partial charge in [-0.25, -0.2) is 0 Å². The lowest BCUT2D eigenvalue weighted by molar-refractivity contribution is 0.104. The Bertz CT molecular complexity index is 321. The van der Waals surface area contributed by atoms with E-state index in [2.05, 4.69) is 42.6 Å². The smallest absolute Gasteiger partial charge is 0.0549 e. The lowest BCUT2D eigenvalue weighted by atomic mass is 9.93. The molecule has 1 aliphatic carbocycles. The van der Waals surface area contributed by atoms with Crippen molar-refractivity contribution in [2.75, 3.05) is 13.7 Å². The molecule has 2 nitrogen and oxygen atoms in total. The molecule has 0 spiro atoms. The van der Waals surface area contributed by atoms with Gasteiger partial charge in [0.15, 0.2) is 0 Å². The molecule has 0 radical (unpaired) electrons. The highest BCUT2D eigenvalue weighted by Crippen LogP contribution is 2.24. The van der Waals surface area contributed by atoms with Gasteiger partial charge in [-0.2, -0.15) is 0 Å². The van der Waals surface area contributed by atoms with Gasteiger partial charge in [0.1, 0.15) is 0 Å². The maximum Gasteiger partial charge on any atom is 0.0549 e.